The highest BCUT2D eigenvalue weighted by Crippen LogP contribution is 2.23. The van der Waals surface area contributed by atoms with Crippen LogP contribution in [-0.2, 0) is 16.1 Å². The summed E-state index contributed by atoms with van der Waals surface area (Å²) in [5.41, 5.74) is 7.41. The molecular weight excluding hydrogens is 228 g/mol. The molecule has 1 aliphatic rings. The van der Waals surface area contributed by atoms with Crippen molar-refractivity contribution in [2.45, 2.75) is 32.4 Å². The Kier molecular flexibility index (Phi) is 4.20. The van der Waals surface area contributed by atoms with Crippen LogP contribution in [0, 0.1) is 5.92 Å². The molecule has 3 N–H and O–H groups in total. The van der Waals surface area contributed by atoms with E-state index in [9.17, 15) is 4.79 Å². The molecule has 1 aromatic rings. The predicted octanol–water partition coefficient (Wildman–Crippen LogP) is 1.70. The number of carbonyl (C=O) groups excluding carboxylic acids is 1. The SMILES string of the molecule is CCC1OCCC1C(=O)NCc1ccc(N)cc1. The molecule has 0 radical (unpaired) electrons. The molecule has 1 amide bonds. The first-order valence-corrected chi connectivity index (χ1v) is 6.44. The minimum Gasteiger partial charge on any atom is -0.399 e. The first-order valence-electron chi connectivity index (χ1n) is 6.44. The number of nitrogen functional groups attached to an aromatic ring is 1. The lowest BCUT2D eigenvalue weighted by molar-refractivity contribution is -0.126. The van der Waals surface area contributed by atoms with Crippen LogP contribution in [0.4, 0.5) is 5.69 Å². The minimum absolute atomic E-state index is 0.00350. The molecule has 0 saturated carbocycles. The van der Waals surface area contributed by atoms with Gasteiger partial charge in [-0.3, -0.25) is 4.79 Å². The van der Waals surface area contributed by atoms with Gasteiger partial charge in [-0.25, -0.2) is 0 Å². The molecule has 1 heterocycles. The number of nitrogens with one attached hydrogen (secondary N) is 1. The van der Waals surface area contributed by atoms with Gasteiger partial charge in [0.2, 0.25) is 5.91 Å². The topological polar surface area (TPSA) is 64.3 Å². The molecule has 1 aromatic carbocycles. The third-order valence-electron chi connectivity index (χ3n) is 3.40. The van der Waals surface area contributed by atoms with Crippen LogP contribution in [0.2, 0.25) is 0 Å². The van der Waals surface area contributed by atoms with E-state index in [1.165, 1.54) is 0 Å². The van der Waals surface area contributed by atoms with Crippen LogP contribution in [0.1, 0.15) is 25.3 Å². The second kappa shape index (κ2) is 5.87. The van der Waals surface area contributed by atoms with Crippen molar-refractivity contribution in [3.05, 3.63) is 29.8 Å². The highest BCUT2D eigenvalue weighted by molar-refractivity contribution is 5.79. The molecule has 18 heavy (non-hydrogen) atoms. The van der Waals surface area contributed by atoms with E-state index >= 15 is 0 Å². The summed E-state index contributed by atoms with van der Waals surface area (Å²) in [6.07, 6.45) is 1.79. The monoisotopic (exact) mass is 248 g/mol. The van der Waals surface area contributed by atoms with Crippen molar-refractivity contribution in [1.29, 1.82) is 0 Å². The molecule has 4 nitrogen and oxygen atoms in total. The Morgan fingerprint density at radius 2 is 2.17 bits per heavy atom. The number of anilines is 1. The van der Waals surface area contributed by atoms with Crippen molar-refractivity contribution in [2.24, 2.45) is 5.92 Å². The Balaban J connectivity index is 1.86. The summed E-state index contributed by atoms with van der Waals surface area (Å²) in [4.78, 5) is 12.0. The molecule has 2 rings (SSSR count). The maximum atomic E-state index is 12.0. The second-order valence-corrected chi connectivity index (χ2v) is 4.67. The van der Waals surface area contributed by atoms with Gasteiger partial charge in [-0.05, 0) is 30.5 Å². The molecule has 4 heteroatoms. The molecule has 0 bridgehead atoms. The van der Waals surface area contributed by atoms with Crippen LogP contribution < -0.4 is 11.1 Å². The Labute approximate surface area is 108 Å². The van der Waals surface area contributed by atoms with Crippen LogP contribution in [0.25, 0.3) is 0 Å². The second-order valence-electron chi connectivity index (χ2n) is 4.67. The van der Waals surface area contributed by atoms with Gasteiger partial charge in [0.1, 0.15) is 0 Å². The van der Waals surface area contributed by atoms with Crippen molar-refractivity contribution >= 4 is 11.6 Å². The van der Waals surface area contributed by atoms with Gasteiger partial charge in [-0.1, -0.05) is 19.1 Å². The van der Waals surface area contributed by atoms with Gasteiger partial charge in [-0.2, -0.15) is 0 Å². The zero-order valence-electron chi connectivity index (χ0n) is 10.7. The van der Waals surface area contributed by atoms with Crippen molar-refractivity contribution in [3.63, 3.8) is 0 Å². The third kappa shape index (κ3) is 3.01. The fourth-order valence-electron chi connectivity index (χ4n) is 2.31. The first-order chi connectivity index (χ1) is 8.70. The smallest absolute Gasteiger partial charge is 0.226 e. The van der Waals surface area contributed by atoms with Gasteiger partial charge in [0.15, 0.2) is 0 Å². The van der Waals surface area contributed by atoms with Crippen molar-refractivity contribution in [3.8, 4) is 0 Å². The summed E-state index contributed by atoms with van der Waals surface area (Å²) in [5, 5.41) is 2.96. The van der Waals surface area contributed by atoms with E-state index in [-0.39, 0.29) is 17.9 Å². The molecule has 2 atom stereocenters. The summed E-state index contributed by atoms with van der Waals surface area (Å²) < 4.78 is 5.53. The number of hydrogen-bond donors (Lipinski definition) is 2. The Morgan fingerprint density at radius 1 is 1.44 bits per heavy atom. The average molecular weight is 248 g/mol. The van der Waals surface area contributed by atoms with Crippen LogP contribution >= 0.6 is 0 Å². The number of amides is 1. The van der Waals surface area contributed by atoms with E-state index in [0.717, 1.165) is 24.1 Å². The molecule has 1 fully saturated rings. The number of rotatable bonds is 4. The van der Waals surface area contributed by atoms with E-state index in [1.54, 1.807) is 0 Å². The fourth-order valence-corrected chi connectivity index (χ4v) is 2.31. The van der Waals surface area contributed by atoms with Crippen LogP contribution in [0.3, 0.4) is 0 Å². The summed E-state index contributed by atoms with van der Waals surface area (Å²) in [5.74, 6) is 0.0972. The zero-order valence-corrected chi connectivity index (χ0v) is 10.7. The van der Waals surface area contributed by atoms with Gasteiger partial charge >= 0.3 is 0 Å². The van der Waals surface area contributed by atoms with Crippen molar-refractivity contribution < 1.29 is 9.53 Å². The highest BCUT2D eigenvalue weighted by atomic mass is 16.5. The summed E-state index contributed by atoms with van der Waals surface area (Å²) in [6, 6.07) is 7.54. The summed E-state index contributed by atoms with van der Waals surface area (Å²) in [6.45, 7) is 3.29. The number of hydrogen-bond acceptors (Lipinski definition) is 3. The number of nitrogens with two attached hydrogens (primary N) is 1. The van der Waals surface area contributed by atoms with E-state index in [4.69, 9.17) is 10.5 Å². The van der Waals surface area contributed by atoms with Gasteiger partial charge in [0, 0.05) is 18.8 Å². The molecule has 0 aliphatic carbocycles. The molecule has 1 aliphatic heterocycles. The number of carbonyl (C=O) groups is 1. The molecule has 0 spiro atoms. The molecule has 0 aromatic heterocycles. The first kappa shape index (κ1) is 12.9. The van der Waals surface area contributed by atoms with E-state index < -0.39 is 0 Å². The van der Waals surface area contributed by atoms with Gasteiger partial charge in [0.05, 0.1) is 12.0 Å². The van der Waals surface area contributed by atoms with Crippen LogP contribution in [0.15, 0.2) is 24.3 Å². The quantitative estimate of drug-likeness (QED) is 0.797. The molecular formula is C14H20N2O2. The molecule has 2 unspecified atom stereocenters. The Hall–Kier alpha value is -1.55. The maximum Gasteiger partial charge on any atom is 0.226 e. The zero-order chi connectivity index (χ0) is 13.0. The maximum absolute atomic E-state index is 12.0. The number of benzene rings is 1. The largest absolute Gasteiger partial charge is 0.399 e. The summed E-state index contributed by atoms with van der Waals surface area (Å²) in [7, 11) is 0. The Morgan fingerprint density at radius 3 is 2.83 bits per heavy atom. The van der Waals surface area contributed by atoms with E-state index in [2.05, 4.69) is 12.2 Å². The predicted molar refractivity (Wildman–Crippen MR) is 70.8 cm³/mol. The Bertz CT molecular complexity index is 403. The standard InChI is InChI=1S/C14H20N2O2/c1-2-13-12(7-8-18-13)14(17)16-9-10-3-5-11(15)6-4-10/h3-6,12-13H,2,7-9,15H2,1H3,(H,16,17). The lowest BCUT2D eigenvalue weighted by Gasteiger charge is -2.16. The lowest BCUT2D eigenvalue weighted by Crippen LogP contribution is -2.34. The van der Waals surface area contributed by atoms with Crippen LogP contribution in [0.5, 0.6) is 0 Å². The van der Waals surface area contributed by atoms with E-state index in [1.807, 2.05) is 24.3 Å². The van der Waals surface area contributed by atoms with Gasteiger partial charge in [-0.15, -0.1) is 0 Å². The number of ether oxygens (including phenoxy) is 1. The molecule has 1 saturated heterocycles. The van der Waals surface area contributed by atoms with Crippen LogP contribution in [-0.4, -0.2) is 18.6 Å². The average Bonchev–Trinajstić information content (AvgIpc) is 2.86. The molecule has 98 valence electrons. The van der Waals surface area contributed by atoms with Crippen molar-refractivity contribution in [1.82, 2.24) is 5.32 Å². The highest BCUT2D eigenvalue weighted by Gasteiger charge is 2.32. The van der Waals surface area contributed by atoms with Gasteiger partial charge < -0.3 is 15.8 Å². The fraction of sp³-hybridized carbons (Fsp3) is 0.500. The minimum atomic E-state index is 0.00350. The van der Waals surface area contributed by atoms with Gasteiger partial charge in [0.25, 0.3) is 0 Å². The normalized spacial score (nSPS) is 22.9. The van der Waals surface area contributed by atoms with E-state index in [0.29, 0.717) is 13.2 Å². The summed E-state index contributed by atoms with van der Waals surface area (Å²) >= 11 is 0. The lowest BCUT2D eigenvalue weighted by atomic mass is 9.98. The van der Waals surface area contributed by atoms with Crippen molar-refractivity contribution in [2.75, 3.05) is 12.3 Å². The third-order valence-corrected chi connectivity index (χ3v) is 3.40.